The molecule has 4 rings (SSSR count). The minimum atomic E-state index is 0.0851. The van der Waals surface area contributed by atoms with Gasteiger partial charge in [0.1, 0.15) is 5.82 Å². The molecule has 0 bridgehead atoms. The summed E-state index contributed by atoms with van der Waals surface area (Å²) in [6.07, 6.45) is 7.72. The molecule has 0 spiro atoms. The zero-order chi connectivity index (χ0) is 18.1. The highest BCUT2D eigenvalue weighted by molar-refractivity contribution is 6.42. The van der Waals surface area contributed by atoms with Crippen molar-refractivity contribution < 1.29 is 4.79 Å². The predicted octanol–water partition coefficient (Wildman–Crippen LogP) is 4.22. The van der Waals surface area contributed by atoms with Crippen LogP contribution in [0.3, 0.4) is 0 Å². The maximum atomic E-state index is 13.0. The van der Waals surface area contributed by atoms with E-state index in [0.29, 0.717) is 16.6 Å². The van der Waals surface area contributed by atoms with Crippen LogP contribution in [0.25, 0.3) is 0 Å². The SMILES string of the molecule is O=C(CN1CCCC1c1ncc[nH]1)N1CCCC1c1ccc(Cl)c(Cl)c1. The Morgan fingerprint density at radius 3 is 2.73 bits per heavy atom. The number of benzene rings is 1. The lowest BCUT2D eigenvalue weighted by Gasteiger charge is -2.29. The van der Waals surface area contributed by atoms with Gasteiger partial charge in [-0.25, -0.2) is 4.98 Å². The molecule has 1 amide bonds. The third-order valence-electron chi connectivity index (χ3n) is 5.44. The van der Waals surface area contributed by atoms with Gasteiger partial charge in [0.15, 0.2) is 0 Å². The average molecular weight is 393 g/mol. The maximum absolute atomic E-state index is 13.0. The van der Waals surface area contributed by atoms with Gasteiger partial charge in [-0.1, -0.05) is 29.3 Å². The molecule has 1 aromatic carbocycles. The van der Waals surface area contributed by atoms with Gasteiger partial charge in [-0.3, -0.25) is 9.69 Å². The summed E-state index contributed by atoms with van der Waals surface area (Å²) in [4.78, 5) is 24.9. The van der Waals surface area contributed by atoms with Crippen LogP contribution >= 0.6 is 23.2 Å². The van der Waals surface area contributed by atoms with Crippen LogP contribution in [0.4, 0.5) is 0 Å². The van der Waals surface area contributed by atoms with Crippen molar-refractivity contribution in [2.75, 3.05) is 19.6 Å². The van der Waals surface area contributed by atoms with E-state index < -0.39 is 0 Å². The average Bonchev–Trinajstić information content (AvgIpc) is 3.37. The van der Waals surface area contributed by atoms with E-state index in [1.807, 2.05) is 29.3 Å². The van der Waals surface area contributed by atoms with Crippen molar-refractivity contribution in [2.24, 2.45) is 0 Å². The van der Waals surface area contributed by atoms with Crippen LogP contribution in [0.15, 0.2) is 30.6 Å². The molecule has 2 aromatic rings. The number of nitrogens with zero attached hydrogens (tertiary/aromatic N) is 3. The molecule has 2 aliphatic rings. The molecule has 0 aliphatic carbocycles. The van der Waals surface area contributed by atoms with E-state index >= 15 is 0 Å². The van der Waals surface area contributed by atoms with Crippen LogP contribution in [0.2, 0.25) is 10.0 Å². The fourth-order valence-electron chi connectivity index (χ4n) is 4.18. The number of rotatable bonds is 4. The Hall–Kier alpha value is -1.56. The molecule has 26 heavy (non-hydrogen) atoms. The molecule has 2 fully saturated rings. The van der Waals surface area contributed by atoms with Crippen molar-refractivity contribution in [1.29, 1.82) is 0 Å². The lowest BCUT2D eigenvalue weighted by molar-refractivity contribution is -0.133. The fraction of sp³-hybridized carbons (Fsp3) is 0.474. The smallest absolute Gasteiger partial charge is 0.237 e. The molecular formula is C19H22Cl2N4O. The normalized spacial score (nSPS) is 23.7. The van der Waals surface area contributed by atoms with Crippen LogP contribution in [-0.4, -0.2) is 45.3 Å². The van der Waals surface area contributed by atoms with E-state index in [4.69, 9.17) is 23.2 Å². The van der Waals surface area contributed by atoms with Gasteiger partial charge in [0, 0.05) is 18.9 Å². The van der Waals surface area contributed by atoms with E-state index in [2.05, 4.69) is 14.9 Å². The number of imidazole rings is 1. The molecule has 2 atom stereocenters. The lowest BCUT2D eigenvalue weighted by atomic mass is 10.0. The summed E-state index contributed by atoms with van der Waals surface area (Å²) in [5, 5.41) is 1.09. The molecule has 0 saturated carbocycles. The molecule has 5 nitrogen and oxygen atoms in total. The summed E-state index contributed by atoms with van der Waals surface area (Å²) in [7, 11) is 0. The summed E-state index contributed by atoms with van der Waals surface area (Å²) < 4.78 is 0. The molecular weight excluding hydrogens is 371 g/mol. The molecule has 0 radical (unpaired) electrons. The summed E-state index contributed by atoms with van der Waals surface area (Å²) in [5.74, 6) is 1.13. The number of hydrogen-bond acceptors (Lipinski definition) is 3. The molecule has 1 aromatic heterocycles. The number of aromatic amines is 1. The summed E-state index contributed by atoms with van der Waals surface area (Å²) in [6.45, 7) is 2.16. The van der Waals surface area contributed by atoms with Gasteiger partial charge in [0.05, 0.1) is 28.7 Å². The first-order chi connectivity index (χ1) is 12.6. The number of amides is 1. The van der Waals surface area contributed by atoms with Crippen LogP contribution < -0.4 is 0 Å². The highest BCUT2D eigenvalue weighted by Gasteiger charge is 2.34. The number of halogens is 2. The van der Waals surface area contributed by atoms with Gasteiger partial charge in [0.25, 0.3) is 0 Å². The Morgan fingerprint density at radius 2 is 1.96 bits per heavy atom. The van der Waals surface area contributed by atoms with E-state index in [0.717, 1.165) is 50.2 Å². The van der Waals surface area contributed by atoms with E-state index in [9.17, 15) is 4.79 Å². The van der Waals surface area contributed by atoms with Crippen LogP contribution in [0, 0.1) is 0 Å². The van der Waals surface area contributed by atoms with Gasteiger partial charge < -0.3 is 9.88 Å². The molecule has 2 unspecified atom stereocenters. The Morgan fingerprint density at radius 1 is 1.15 bits per heavy atom. The lowest BCUT2D eigenvalue weighted by Crippen LogP contribution is -2.40. The third kappa shape index (κ3) is 3.48. The third-order valence-corrected chi connectivity index (χ3v) is 6.18. The summed E-state index contributed by atoms with van der Waals surface area (Å²) in [5.41, 5.74) is 1.06. The second-order valence-electron chi connectivity index (χ2n) is 7.02. The largest absolute Gasteiger partial charge is 0.347 e. The molecule has 2 aliphatic heterocycles. The van der Waals surface area contributed by atoms with Crippen molar-refractivity contribution >= 4 is 29.1 Å². The van der Waals surface area contributed by atoms with Gasteiger partial charge in [-0.2, -0.15) is 0 Å². The first-order valence-corrected chi connectivity index (χ1v) is 9.87. The van der Waals surface area contributed by atoms with E-state index in [1.165, 1.54) is 0 Å². The predicted molar refractivity (Wildman–Crippen MR) is 102 cm³/mol. The number of carbonyl (C=O) groups excluding carboxylic acids is 1. The standard InChI is InChI=1S/C19H22Cl2N4O/c20-14-6-5-13(11-15(14)21)16-3-2-10-25(16)18(26)12-24-9-1-4-17(24)19-22-7-8-23-19/h5-8,11,16-17H,1-4,9-10,12H2,(H,22,23). The second kappa shape index (κ2) is 7.59. The van der Waals surface area contributed by atoms with Gasteiger partial charge >= 0.3 is 0 Å². The number of aromatic nitrogens is 2. The van der Waals surface area contributed by atoms with Crippen molar-refractivity contribution in [2.45, 2.75) is 37.8 Å². The molecule has 138 valence electrons. The number of H-pyrrole nitrogens is 1. The zero-order valence-electron chi connectivity index (χ0n) is 14.5. The number of hydrogen-bond donors (Lipinski definition) is 1. The van der Waals surface area contributed by atoms with Gasteiger partial charge in [-0.15, -0.1) is 0 Å². The molecule has 1 N–H and O–H groups in total. The first-order valence-electron chi connectivity index (χ1n) is 9.11. The van der Waals surface area contributed by atoms with Crippen molar-refractivity contribution in [3.63, 3.8) is 0 Å². The zero-order valence-corrected chi connectivity index (χ0v) is 16.0. The number of carbonyl (C=O) groups is 1. The number of likely N-dealkylation sites (tertiary alicyclic amines) is 2. The Bertz CT molecular complexity index is 780. The van der Waals surface area contributed by atoms with Crippen LogP contribution in [0.5, 0.6) is 0 Å². The minimum Gasteiger partial charge on any atom is -0.347 e. The quantitative estimate of drug-likeness (QED) is 0.847. The van der Waals surface area contributed by atoms with E-state index in [1.54, 1.807) is 6.20 Å². The highest BCUT2D eigenvalue weighted by Crippen LogP contribution is 2.36. The molecule has 3 heterocycles. The highest BCUT2D eigenvalue weighted by atomic mass is 35.5. The molecule has 7 heteroatoms. The second-order valence-corrected chi connectivity index (χ2v) is 7.84. The van der Waals surface area contributed by atoms with Crippen molar-refractivity contribution in [3.8, 4) is 0 Å². The van der Waals surface area contributed by atoms with Gasteiger partial charge in [-0.05, 0) is 49.9 Å². The van der Waals surface area contributed by atoms with Crippen molar-refractivity contribution in [1.82, 2.24) is 19.8 Å². The topological polar surface area (TPSA) is 52.2 Å². The Balaban J connectivity index is 1.47. The monoisotopic (exact) mass is 392 g/mol. The summed E-state index contributed by atoms with van der Waals surface area (Å²) in [6, 6.07) is 5.98. The van der Waals surface area contributed by atoms with Gasteiger partial charge in [0.2, 0.25) is 5.91 Å². The van der Waals surface area contributed by atoms with Crippen molar-refractivity contribution in [3.05, 3.63) is 52.0 Å². The Kier molecular flexibility index (Phi) is 5.20. The first kappa shape index (κ1) is 17.8. The van der Waals surface area contributed by atoms with Crippen LogP contribution in [0.1, 0.15) is 49.2 Å². The Labute approximate surface area is 163 Å². The van der Waals surface area contributed by atoms with E-state index in [-0.39, 0.29) is 18.0 Å². The minimum absolute atomic E-state index is 0.0851. The molecule has 2 saturated heterocycles. The summed E-state index contributed by atoms with van der Waals surface area (Å²) >= 11 is 12.2. The van der Waals surface area contributed by atoms with Crippen LogP contribution in [-0.2, 0) is 4.79 Å². The maximum Gasteiger partial charge on any atom is 0.237 e. The fourth-order valence-corrected chi connectivity index (χ4v) is 4.49. The number of nitrogens with one attached hydrogen (secondary N) is 1.